The van der Waals surface area contributed by atoms with Gasteiger partial charge in [0.1, 0.15) is 0 Å². The Morgan fingerprint density at radius 2 is 0.958 bits per heavy atom. The standard InChI is InChI=1S/C18H26N6/c1-19(2)22-13-7-9-15(22)17-11-12-18(24(17)21(5)6)16-10-8-14-23(16)20(3)4/h7-14H,1-6H3. The lowest BCUT2D eigenvalue weighted by Gasteiger charge is -2.25. The summed E-state index contributed by atoms with van der Waals surface area (Å²) in [5.74, 6) is 0. The molecule has 3 aromatic rings. The molecule has 0 fully saturated rings. The van der Waals surface area contributed by atoms with Crippen molar-refractivity contribution in [3.63, 3.8) is 0 Å². The van der Waals surface area contributed by atoms with E-state index in [0.717, 1.165) is 22.8 Å². The van der Waals surface area contributed by atoms with Gasteiger partial charge in [-0.15, -0.1) is 0 Å². The highest BCUT2D eigenvalue weighted by molar-refractivity contribution is 5.68. The normalized spacial score (nSPS) is 10.9. The molecular weight excluding hydrogens is 300 g/mol. The molecule has 128 valence electrons. The topological polar surface area (TPSA) is 24.5 Å². The van der Waals surface area contributed by atoms with Crippen molar-refractivity contribution in [1.29, 1.82) is 0 Å². The average molecular weight is 326 g/mol. The zero-order chi connectivity index (χ0) is 17.4. The molecule has 0 aliphatic rings. The number of aromatic nitrogens is 3. The fraction of sp³-hybridized carbons (Fsp3) is 0.333. The third-order valence-corrected chi connectivity index (χ3v) is 4.10. The van der Waals surface area contributed by atoms with E-state index in [4.69, 9.17) is 0 Å². The summed E-state index contributed by atoms with van der Waals surface area (Å²) in [4.78, 5) is 0. The first-order valence-electron chi connectivity index (χ1n) is 8.02. The van der Waals surface area contributed by atoms with Gasteiger partial charge in [-0.3, -0.25) is 14.0 Å². The van der Waals surface area contributed by atoms with Gasteiger partial charge in [0, 0.05) is 54.7 Å². The molecule has 0 spiro atoms. The Bertz CT molecular complexity index is 755. The zero-order valence-electron chi connectivity index (χ0n) is 15.3. The molecule has 0 saturated heterocycles. The minimum absolute atomic E-state index is 1.15. The monoisotopic (exact) mass is 326 g/mol. The van der Waals surface area contributed by atoms with E-state index >= 15 is 0 Å². The van der Waals surface area contributed by atoms with Crippen LogP contribution in [-0.4, -0.2) is 56.3 Å². The van der Waals surface area contributed by atoms with Gasteiger partial charge in [-0.2, -0.15) is 0 Å². The molecule has 0 saturated carbocycles. The van der Waals surface area contributed by atoms with Crippen LogP contribution in [0.3, 0.4) is 0 Å². The van der Waals surface area contributed by atoms with Crippen molar-refractivity contribution in [1.82, 2.24) is 14.0 Å². The van der Waals surface area contributed by atoms with Crippen LogP contribution in [0.15, 0.2) is 48.8 Å². The van der Waals surface area contributed by atoms with Crippen molar-refractivity contribution in [2.24, 2.45) is 0 Å². The lowest BCUT2D eigenvalue weighted by atomic mass is 10.3. The van der Waals surface area contributed by atoms with E-state index in [1.807, 2.05) is 28.2 Å². The van der Waals surface area contributed by atoms with Crippen LogP contribution >= 0.6 is 0 Å². The van der Waals surface area contributed by atoms with Crippen molar-refractivity contribution in [2.75, 3.05) is 57.3 Å². The molecule has 6 heteroatoms. The van der Waals surface area contributed by atoms with Crippen LogP contribution in [0.2, 0.25) is 0 Å². The third kappa shape index (κ3) is 2.54. The van der Waals surface area contributed by atoms with Gasteiger partial charge >= 0.3 is 0 Å². The van der Waals surface area contributed by atoms with E-state index in [-0.39, 0.29) is 0 Å². The lowest BCUT2D eigenvalue weighted by molar-refractivity contribution is 0.702. The first-order valence-corrected chi connectivity index (χ1v) is 8.02. The average Bonchev–Trinajstić information content (AvgIpc) is 3.24. The molecule has 0 unspecified atom stereocenters. The van der Waals surface area contributed by atoms with E-state index in [1.165, 1.54) is 0 Å². The Kier molecular flexibility index (Phi) is 4.05. The van der Waals surface area contributed by atoms with Crippen molar-refractivity contribution < 1.29 is 0 Å². The molecule has 0 radical (unpaired) electrons. The Morgan fingerprint density at radius 3 is 1.29 bits per heavy atom. The first-order chi connectivity index (χ1) is 11.4. The molecule has 24 heavy (non-hydrogen) atoms. The fourth-order valence-electron chi connectivity index (χ4n) is 3.10. The van der Waals surface area contributed by atoms with Crippen LogP contribution in [0.25, 0.3) is 22.8 Å². The molecule has 3 aromatic heterocycles. The minimum Gasteiger partial charge on any atom is -0.319 e. The Morgan fingerprint density at radius 1 is 0.542 bits per heavy atom. The van der Waals surface area contributed by atoms with Crippen molar-refractivity contribution in [3.05, 3.63) is 48.8 Å². The maximum absolute atomic E-state index is 2.24. The van der Waals surface area contributed by atoms with Crippen LogP contribution in [0.4, 0.5) is 0 Å². The number of hydrogen-bond acceptors (Lipinski definition) is 3. The smallest absolute Gasteiger partial charge is 0.0886 e. The summed E-state index contributed by atoms with van der Waals surface area (Å²) in [5, 5.41) is 6.26. The van der Waals surface area contributed by atoms with E-state index < -0.39 is 0 Å². The van der Waals surface area contributed by atoms with E-state index in [1.54, 1.807) is 0 Å². The van der Waals surface area contributed by atoms with Crippen LogP contribution in [0.1, 0.15) is 0 Å². The van der Waals surface area contributed by atoms with Gasteiger partial charge in [-0.1, -0.05) is 0 Å². The minimum atomic E-state index is 1.15. The second kappa shape index (κ2) is 6.03. The van der Waals surface area contributed by atoms with Gasteiger partial charge in [0.2, 0.25) is 0 Å². The van der Waals surface area contributed by atoms with Gasteiger partial charge in [-0.25, -0.2) is 0 Å². The molecule has 0 bridgehead atoms. The molecule has 0 aliphatic heterocycles. The van der Waals surface area contributed by atoms with Crippen LogP contribution in [0, 0.1) is 0 Å². The second-order valence-corrected chi connectivity index (χ2v) is 6.43. The number of hydrogen-bond donors (Lipinski definition) is 0. The summed E-state index contributed by atoms with van der Waals surface area (Å²) in [6.45, 7) is 0. The molecule has 0 atom stereocenters. The van der Waals surface area contributed by atoms with Crippen LogP contribution < -0.4 is 15.0 Å². The Labute approximate surface area is 143 Å². The van der Waals surface area contributed by atoms with Gasteiger partial charge in [0.05, 0.1) is 22.8 Å². The summed E-state index contributed by atoms with van der Waals surface area (Å²) in [7, 11) is 12.3. The predicted octanol–water partition coefficient (Wildman–Crippen LogP) is 2.02. The Balaban J connectivity index is 2.19. The maximum atomic E-state index is 2.24. The largest absolute Gasteiger partial charge is 0.319 e. The van der Waals surface area contributed by atoms with Gasteiger partial charge in [0.25, 0.3) is 0 Å². The highest BCUT2D eigenvalue weighted by Crippen LogP contribution is 2.29. The van der Waals surface area contributed by atoms with Crippen LogP contribution in [0.5, 0.6) is 0 Å². The number of nitrogens with zero attached hydrogens (tertiary/aromatic N) is 6. The van der Waals surface area contributed by atoms with E-state index in [2.05, 4.69) is 91.9 Å². The van der Waals surface area contributed by atoms with Crippen LogP contribution in [-0.2, 0) is 0 Å². The molecule has 6 nitrogen and oxygen atoms in total. The summed E-state index contributed by atoms with van der Waals surface area (Å²) in [6.07, 6.45) is 4.15. The fourth-order valence-corrected chi connectivity index (χ4v) is 3.10. The maximum Gasteiger partial charge on any atom is 0.0886 e. The molecule has 0 amide bonds. The highest BCUT2D eigenvalue weighted by Gasteiger charge is 2.18. The molecule has 0 aliphatic carbocycles. The molecule has 3 rings (SSSR count). The van der Waals surface area contributed by atoms with E-state index in [9.17, 15) is 0 Å². The quantitative estimate of drug-likeness (QED) is 0.717. The van der Waals surface area contributed by atoms with Gasteiger partial charge in [0.15, 0.2) is 0 Å². The van der Waals surface area contributed by atoms with Gasteiger partial charge < -0.3 is 15.0 Å². The summed E-state index contributed by atoms with van der Waals surface area (Å²) in [5.41, 5.74) is 4.62. The predicted molar refractivity (Wildman–Crippen MR) is 101 cm³/mol. The summed E-state index contributed by atoms with van der Waals surface area (Å²) >= 11 is 0. The Hall–Kier alpha value is -2.76. The molecule has 0 N–H and O–H groups in total. The molecule has 0 aromatic carbocycles. The SMILES string of the molecule is CN(C)n1cccc1-c1ccc(-c2cccn2N(C)C)n1N(C)C. The van der Waals surface area contributed by atoms with E-state index in [0.29, 0.717) is 0 Å². The summed E-state index contributed by atoms with van der Waals surface area (Å²) < 4.78 is 6.53. The van der Waals surface area contributed by atoms with Crippen molar-refractivity contribution in [2.45, 2.75) is 0 Å². The van der Waals surface area contributed by atoms with Crippen molar-refractivity contribution in [3.8, 4) is 22.8 Å². The summed E-state index contributed by atoms with van der Waals surface area (Å²) in [6, 6.07) is 12.8. The number of rotatable bonds is 5. The second-order valence-electron chi connectivity index (χ2n) is 6.43. The third-order valence-electron chi connectivity index (χ3n) is 4.10. The van der Waals surface area contributed by atoms with Gasteiger partial charge in [-0.05, 0) is 36.4 Å². The lowest BCUT2D eigenvalue weighted by Crippen LogP contribution is -2.30. The van der Waals surface area contributed by atoms with Crippen molar-refractivity contribution >= 4 is 0 Å². The highest BCUT2D eigenvalue weighted by atomic mass is 15.6. The first kappa shape index (κ1) is 16.1. The molecular formula is C18H26N6. The zero-order valence-corrected chi connectivity index (χ0v) is 15.3. The molecule has 3 heterocycles.